The molecule has 1 aromatic heterocycles. The number of carbonyl (C=O) groups is 1. The van der Waals surface area contributed by atoms with Crippen LogP contribution in [0.3, 0.4) is 0 Å². The van der Waals surface area contributed by atoms with Crippen LogP contribution in [0, 0.1) is 0 Å². The van der Waals surface area contributed by atoms with Crippen molar-refractivity contribution in [3.63, 3.8) is 0 Å². The molecular weight excluding hydrogens is 411 g/mol. The minimum atomic E-state index is -4.86. The van der Waals surface area contributed by atoms with Gasteiger partial charge in [-0.15, -0.1) is 0 Å². The number of carboxylic acids is 1. The summed E-state index contributed by atoms with van der Waals surface area (Å²) in [5.41, 5.74) is -3.38. The summed E-state index contributed by atoms with van der Waals surface area (Å²) in [4.78, 5) is 14.7. The second kappa shape index (κ2) is 8.09. The van der Waals surface area contributed by atoms with E-state index in [4.69, 9.17) is 5.11 Å². The third kappa shape index (κ3) is 4.94. The van der Waals surface area contributed by atoms with E-state index < -0.39 is 63.4 Å². The zero-order chi connectivity index (χ0) is 21.1. The third-order valence-corrected chi connectivity index (χ3v) is 5.25. The highest BCUT2D eigenvalue weighted by Crippen LogP contribution is 2.34. The Kier molecular flexibility index (Phi) is 6.22. The van der Waals surface area contributed by atoms with Crippen LogP contribution >= 0.6 is 0 Å². The van der Waals surface area contributed by atoms with E-state index in [9.17, 15) is 35.2 Å². The highest BCUT2D eigenvalue weighted by atomic mass is 32.2. The molecule has 0 unspecified atom stereocenters. The van der Waals surface area contributed by atoms with Gasteiger partial charge in [-0.1, -0.05) is 18.2 Å². The molecule has 0 spiro atoms. The van der Waals surface area contributed by atoms with Crippen molar-refractivity contribution in [2.75, 3.05) is 10.8 Å². The summed E-state index contributed by atoms with van der Waals surface area (Å²) in [6.45, 7) is -1.44. The Morgan fingerprint density at radius 3 is 2.36 bits per heavy atom. The molecule has 0 aliphatic rings. The van der Waals surface area contributed by atoms with Gasteiger partial charge in [0.05, 0.1) is 23.5 Å². The molecule has 1 heterocycles. The number of hydrogen-bond donors (Lipinski definition) is 1. The summed E-state index contributed by atoms with van der Waals surface area (Å²) < 4.78 is 90.8. The number of benzene rings is 1. The summed E-state index contributed by atoms with van der Waals surface area (Å²) >= 11 is 0. The normalized spacial score (nSPS) is 12.2. The summed E-state index contributed by atoms with van der Waals surface area (Å²) in [7, 11) is -4.81. The van der Waals surface area contributed by atoms with E-state index in [1.54, 1.807) is 0 Å². The second-order valence-electron chi connectivity index (χ2n) is 5.51. The van der Waals surface area contributed by atoms with Crippen LogP contribution in [0.2, 0.25) is 0 Å². The Morgan fingerprint density at radius 2 is 1.79 bits per heavy atom. The maximum Gasteiger partial charge on any atom is 0.416 e. The number of sulfonamides is 1. The second-order valence-corrected chi connectivity index (χ2v) is 7.40. The molecule has 2 aromatic rings. The minimum Gasteiger partial charge on any atom is -0.476 e. The zero-order valence-electron chi connectivity index (χ0n) is 13.9. The molecular formula is C16H13F5N2O4S. The standard InChI is InChI=1S/C16H13F5N2O4S/c17-13(18)8-23(12-6-3-7-22-14(12)15(24)25)28(26,27)9-10-4-1-2-5-11(10)16(19,20)21/h1-7,13H,8-9H2,(H,24,25). The summed E-state index contributed by atoms with van der Waals surface area (Å²) in [6.07, 6.45) is -7.06. The highest BCUT2D eigenvalue weighted by molar-refractivity contribution is 7.92. The lowest BCUT2D eigenvalue weighted by Crippen LogP contribution is -2.37. The maximum atomic E-state index is 13.1. The van der Waals surface area contributed by atoms with Crippen molar-refractivity contribution in [3.05, 3.63) is 59.4 Å². The molecule has 12 heteroatoms. The van der Waals surface area contributed by atoms with Crippen LogP contribution in [0.25, 0.3) is 0 Å². The molecule has 0 bridgehead atoms. The molecule has 152 valence electrons. The fraction of sp³-hybridized carbons (Fsp3) is 0.250. The van der Waals surface area contributed by atoms with Crippen LogP contribution in [-0.2, 0) is 22.0 Å². The van der Waals surface area contributed by atoms with Gasteiger partial charge in [-0.05, 0) is 23.8 Å². The molecule has 0 aliphatic heterocycles. The fourth-order valence-electron chi connectivity index (χ4n) is 2.45. The molecule has 28 heavy (non-hydrogen) atoms. The summed E-state index contributed by atoms with van der Waals surface area (Å²) in [5.74, 6) is -2.94. The van der Waals surface area contributed by atoms with Crippen molar-refractivity contribution in [2.45, 2.75) is 18.4 Å². The van der Waals surface area contributed by atoms with Crippen LogP contribution in [0.1, 0.15) is 21.6 Å². The minimum absolute atomic E-state index is 0.0707. The monoisotopic (exact) mass is 424 g/mol. The van der Waals surface area contributed by atoms with Gasteiger partial charge < -0.3 is 5.11 Å². The Morgan fingerprint density at radius 1 is 1.14 bits per heavy atom. The van der Waals surface area contributed by atoms with Crippen molar-refractivity contribution in [1.29, 1.82) is 0 Å². The van der Waals surface area contributed by atoms with Crippen molar-refractivity contribution in [3.8, 4) is 0 Å². The van der Waals surface area contributed by atoms with E-state index in [1.165, 1.54) is 6.07 Å². The van der Waals surface area contributed by atoms with Crippen LogP contribution < -0.4 is 4.31 Å². The Hall–Kier alpha value is -2.76. The first-order valence-corrected chi connectivity index (χ1v) is 9.16. The van der Waals surface area contributed by atoms with Crippen molar-refractivity contribution in [2.24, 2.45) is 0 Å². The van der Waals surface area contributed by atoms with Gasteiger partial charge in [0.15, 0.2) is 5.69 Å². The average Bonchev–Trinajstić information content (AvgIpc) is 2.58. The van der Waals surface area contributed by atoms with Crippen LogP contribution in [0.5, 0.6) is 0 Å². The van der Waals surface area contributed by atoms with E-state index in [0.717, 1.165) is 30.5 Å². The van der Waals surface area contributed by atoms with Crippen LogP contribution in [-0.4, -0.2) is 37.4 Å². The largest absolute Gasteiger partial charge is 0.476 e. The molecule has 0 radical (unpaired) electrons. The Bertz CT molecular complexity index is 964. The lowest BCUT2D eigenvalue weighted by atomic mass is 10.1. The molecule has 2 rings (SSSR count). The molecule has 0 aliphatic carbocycles. The molecule has 0 atom stereocenters. The zero-order valence-corrected chi connectivity index (χ0v) is 14.7. The Labute approximate surface area is 156 Å². The molecule has 0 saturated carbocycles. The third-order valence-electron chi connectivity index (χ3n) is 3.56. The average molecular weight is 424 g/mol. The molecule has 1 N–H and O–H groups in total. The fourth-order valence-corrected chi connectivity index (χ4v) is 4.03. The number of pyridine rings is 1. The van der Waals surface area contributed by atoms with E-state index in [2.05, 4.69) is 4.98 Å². The number of nitrogens with zero attached hydrogens (tertiary/aromatic N) is 2. The lowest BCUT2D eigenvalue weighted by molar-refractivity contribution is -0.138. The number of aromatic carboxylic acids is 1. The SMILES string of the molecule is O=C(O)c1ncccc1N(CC(F)F)S(=O)(=O)Cc1ccccc1C(F)(F)F. The summed E-state index contributed by atoms with van der Waals surface area (Å²) in [5, 5.41) is 9.13. The van der Waals surface area contributed by atoms with Gasteiger partial charge in [0.2, 0.25) is 10.0 Å². The van der Waals surface area contributed by atoms with Gasteiger partial charge in [0.1, 0.15) is 0 Å². The first kappa shape index (κ1) is 21.5. The van der Waals surface area contributed by atoms with E-state index >= 15 is 0 Å². The number of rotatable bonds is 7. The first-order chi connectivity index (χ1) is 12.9. The number of hydrogen-bond acceptors (Lipinski definition) is 4. The molecule has 0 amide bonds. The van der Waals surface area contributed by atoms with Gasteiger partial charge in [0.25, 0.3) is 6.43 Å². The maximum absolute atomic E-state index is 13.1. The van der Waals surface area contributed by atoms with Gasteiger partial charge >= 0.3 is 12.1 Å². The molecule has 0 saturated heterocycles. The topological polar surface area (TPSA) is 87.6 Å². The Balaban J connectivity index is 2.55. The predicted octanol–water partition coefficient (Wildman–Crippen LogP) is 3.40. The summed E-state index contributed by atoms with van der Waals surface area (Å²) in [6, 6.07) is 5.85. The van der Waals surface area contributed by atoms with Gasteiger partial charge in [-0.25, -0.2) is 27.0 Å². The van der Waals surface area contributed by atoms with Crippen molar-refractivity contribution in [1.82, 2.24) is 4.98 Å². The first-order valence-electron chi connectivity index (χ1n) is 7.55. The van der Waals surface area contributed by atoms with E-state index in [1.807, 2.05) is 0 Å². The predicted molar refractivity (Wildman–Crippen MR) is 88.6 cm³/mol. The molecule has 1 aromatic carbocycles. The van der Waals surface area contributed by atoms with Crippen LogP contribution in [0.15, 0.2) is 42.6 Å². The van der Waals surface area contributed by atoms with Crippen LogP contribution in [0.4, 0.5) is 27.6 Å². The molecule has 6 nitrogen and oxygen atoms in total. The number of aromatic nitrogens is 1. The van der Waals surface area contributed by atoms with Gasteiger partial charge in [-0.3, -0.25) is 4.31 Å². The quantitative estimate of drug-likeness (QED) is 0.689. The number of alkyl halides is 5. The lowest BCUT2D eigenvalue weighted by Gasteiger charge is -2.25. The van der Waals surface area contributed by atoms with E-state index in [0.29, 0.717) is 6.07 Å². The number of halogens is 5. The van der Waals surface area contributed by atoms with Gasteiger partial charge in [-0.2, -0.15) is 13.2 Å². The number of carboxylic acid groups (broad SMARTS) is 1. The molecule has 0 fully saturated rings. The van der Waals surface area contributed by atoms with Crippen molar-refractivity contribution >= 4 is 21.7 Å². The van der Waals surface area contributed by atoms with Gasteiger partial charge in [0, 0.05) is 6.20 Å². The smallest absolute Gasteiger partial charge is 0.416 e. The number of anilines is 1. The van der Waals surface area contributed by atoms with Crippen molar-refractivity contribution < 1.29 is 40.3 Å². The van der Waals surface area contributed by atoms with E-state index in [-0.39, 0.29) is 4.31 Å². The highest BCUT2D eigenvalue weighted by Gasteiger charge is 2.36.